The zero-order chi connectivity index (χ0) is 25.4. The molecule has 0 fully saturated rings. The number of esters is 3. The van der Waals surface area contributed by atoms with Crippen molar-refractivity contribution in [3.8, 4) is 0 Å². The van der Waals surface area contributed by atoms with Crippen molar-refractivity contribution in [2.24, 2.45) is 0 Å². The van der Waals surface area contributed by atoms with Crippen LogP contribution in [0.5, 0.6) is 0 Å². The first-order valence-corrected chi connectivity index (χ1v) is 11.6. The number of fused-ring (bicyclic) bond motifs is 1. The first-order chi connectivity index (χ1) is 16.8. The SMILES string of the molecule is CCOC(=O)c1sc(NC(=O)COC(=O)/C=C/c2cccc3cccnc23)c(C(=O)OCC)c1C. The molecule has 2 aromatic heterocycles. The number of para-hydroxylation sites is 1. The summed E-state index contributed by atoms with van der Waals surface area (Å²) >= 11 is 0.891. The summed E-state index contributed by atoms with van der Waals surface area (Å²) in [6.07, 6.45) is 4.42. The van der Waals surface area contributed by atoms with Crippen molar-refractivity contribution in [2.45, 2.75) is 20.8 Å². The van der Waals surface area contributed by atoms with Gasteiger partial charge in [-0.1, -0.05) is 24.3 Å². The summed E-state index contributed by atoms with van der Waals surface area (Å²) in [6.45, 7) is 4.56. The molecule has 0 radical (unpaired) electrons. The second-order valence-corrected chi connectivity index (χ2v) is 8.13. The number of ether oxygens (including phenoxy) is 3. The van der Waals surface area contributed by atoms with Crippen molar-refractivity contribution in [3.63, 3.8) is 0 Å². The zero-order valence-electron chi connectivity index (χ0n) is 19.5. The van der Waals surface area contributed by atoms with E-state index in [0.29, 0.717) is 5.56 Å². The summed E-state index contributed by atoms with van der Waals surface area (Å²) in [5.74, 6) is -2.70. The van der Waals surface area contributed by atoms with Crippen LogP contribution in [0.2, 0.25) is 0 Å². The molecule has 0 spiro atoms. The van der Waals surface area contributed by atoms with E-state index >= 15 is 0 Å². The van der Waals surface area contributed by atoms with E-state index in [9.17, 15) is 19.2 Å². The molecule has 35 heavy (non-hydrogen) atoms. The van der Waals surface area contributed by atoms with E-state index in [2.05, 4.69) is 10.3 Å². The second kappa shape index (κ2) is 11.9. The maximum Gasteiger partial charge on any atom is 0.348 e. The Morgan fingerprint density at radius 2 is 1.71 bits per heavy atom. The third-order valence-electron chi connectivity index (χ3n) is 4.75. The molecule has 0 unspecified atom stereocenters. The molecule has 2 heterocycles. The number of carbonyl (C=O) groups is 4. The van der Waals surface area contributed by atoms with Gasteiger partial charge in [-0.15, -0.1) is 11.3 Å². The quantitative estimate of drug-likeness (QED) is 0.266. The van der Waals surface area contributed by atoms with Crippen LogP contribution in [0.1, 0.15) is 45.0 Å². The number of rotatable bonds is 9. The molecule has 0 aliphatic rings. The minimum Gasteiger partial charge on any atom is -0.462 e. The summed E-state index contributed by atoms with van der Waals surface area (Å²) in [7, 11) is 0. The van der Waals surface area contributed by atoms with Crippen molar-refractivity contribution in [1.82, 2.24) is 4.98 Å². The molecule has 9 nitrogen and oxygen atoms in total. The van der Waals surface area contributed by atoms with Gasteiger partial charge in [-0.2, -0.15) is 0 Å². The van der Waals surface area contributed by atoms with Gasteiger partial charge in [0.2, 0.25) is 0 Å². The van der Waals surface area contributed by atoms with Crippen molar-refractivity contribution in [1.29, 1.82) is 0 Å². The van der Waals surface area contributed by atoms with E-state index < -0.39 is 30.4 Å². The Morgan fingerprint density at radius 1 is 1.00 bits per heavy atom. The van der Waals surface area contributed by atoms with Gasteiger partial charge in [-0.3, -0.25) is 9.78 Å². The molecular formula is C25H24N2O7S. The topological polar surface area (TPSA) is 121 Å². The molecule has 1 N–H and O–H groups in total. The smallest absolute Gasteiger partial charge is 0.348 e. The Hall–Kier alpha value is -4.05. The number of benzene rings is 1. The number of amides is 1. The highest BCUT2D eigenvalue weighted by atomic mass is 32.1. The van der Waals surface area contributed by atoms with E-state index in [-0.39, 0.29) is 28.7 Å². The van der Waals surface area contributed by atoms with Gasteiger partial charge in [0.15, 0.2) is 6.61 Å². The molecule has 0 saturated heterocycles. The lowest BCUT2D eigenvalue weighted by molar-refractivity contribution is -0.142. The summed E-state index contributed by atoms with van der Waals surface area (Å²) < 4.78 is 15.1. The van der Waals surface area contributed by atoms with Gasteiger partial charge in [0.25, 0.3) is 5.91 Å². The van der Waals surface area contributed by atoms with Crippen LogP contribution in [0.3, 0.4) is 0 Å². The van der Waals surface area contributed by atoms with Crippen LogP contribution in [0.15, 0.2) is 42.6 Å². The molecule has 0 bridgehead atoms. The van der Waals surface area contributed by atoms with E-state index in [1.807, 2.05) is 30.3 Å². The minimum atomic E-state index is -0.728. The van der Waals surface area contributed by atoms with Crippen LogP contribution in [0, 0.1) is 6.92 Å². The molecular weight excluding hydrogens is 472 g/mol. The first-order valence-electron chi connectivity index (χ1n) is 10.8. The van der Waals surface area contributed by atoms with E-state index in [4.69, 9.17) is 14.2 Å². The predicted octanol–water partition coefficient (Wildman–Crippen LogP) is 4.15. The van der Waals surface area contributed by atoms with Crippen LogP contribution < -0.4 is 5.32 Å². The lowest BCUT2D eigenvalue weighted by atomic mass is 10.1. The Morgan fingerprint density at radius 3 is 2.46 bits per heavy atom. The monoisotopic (exact) mass is 496 g/mol. The Kier molecular flexibility index (Phi) is 8.69. The highest BCUT2D eigenvalue weighted by Gasteiger charge is 2.27. The molecule has 3 aromatic rings. The molecule has 0 aliphatic carbocycles. The molecule has 0 atom stereocenters. The van der Waals surface area contributed by atoms with Crippen LogP contribution in [0.25, 0.3) is 17.0 Å². The number of nitrogens with zero attached hydrogens (tertiary/aromatic N) is 1. The lowest BCUT2D eigenvalue weighted by Gasteiger charge is -2.07. The summed E-state index contributed by atoms with van der Waals surface area (Å²) in [6, 6.07) is 9.29. The summed E-state index contributed by atoms with van der Waals surface area (Å²) in [4.78, 5) is 53.7. The van der Waals surface area contributed by atoms with Crippen molar-refractivity contribution < 1.29 is 33.4 Å². The molecule has 3 rings (SSSR count). The third kappa shape index (κ3) is 6.30. The number of hydrogen-bond acceptors (Lipinski definition) is 9. The summed E-state index contributed by atoms with van der Waals surface area (Å²) in [5.41, 5.74) is 1.85. The Balaban J connectivity index is 1.68. The number of carbonyl (C=O) groups excluding carboxylic acids is 4. The van der Waals surface area contributed by atoms with Crippen molar-refractivity contribution in [2.75, 3.05) is 25.1 Å². The number of aromatic nitrogens is 1. The number of anilines is 1. The fourth-order valence-corrected chi connectivity index (χ4v) is 4.31. The number of thiophene rings is 1. The fourth-order valence-electron chi connectivity index (χ4n) is 3.21. The van der Waals surface area contributed by atoms with Gasteiger partial charge >= 0.3 is 17.9 Å². The largest absolute Gasteiger partial charge is 0.462 e. The summed E-state index contributed by atoms with van der Waals surface area (Å²) in [5, 5.41) is 3.56. The molecule has 1 aromatic carbocycles. The number of pyridine rings is 1. The molecule has 1 amide bonds. The molecule has 0 saturated carbocycles. The minimum absolute atomic E-state index is 0.0583. The lowest BCUT2D eigenvalue weighted by Crippen LogP contribution is -2.21. The highest BCUT2D eigenvalue weighted by Crippen LogP contribution is 2.34. The predicted molar refractivity (Wildman–Crippen MR) is 131 cm³/mol. The zero-order valence-corrected chi connectivity index (χ0v) is 20.3. The van der Waals surface area contributed by atoms with Crippen LogP contribution in [0.4, 0.5) is 5.00 Å². The van der Waals surface area contributed by atoms with E-state index in [0.717, 1.165) is 27.8 Å². The van der Waals surface area contributed by atoms with Crippen LogP contribution >= 0.6 is 11.3 Å². The first kappa shape index (κ1) is 25.6. The van der Waals surface area contributed by atoms with Crippen LogP contribution in [-0.2, 0) is 23.8 Å². The van der Waals surface area contributed by atoms with Gasteiger partial charge in [0.05, 0.1) is 24.3 Å². The number of hydrogen-bond donors (Lipinski definition) is 1. The van der Waals surface area contributed by atoms with Gasteiger partial charge in [0, 0.05) is 23.2 Å². The van der Waals surface area contributed by atoms with E-state index in [1.165, 1.54) is 6.08 Å². The standard InChI is InChI=1S/C25H24N2O7S/c1-4-32-24(30)20-15(3)22(25(31)33-5-2)35-23(20)27-18(28)14-34-19(29)12-11-17-9-6-8-16-10-7-13-26-21(16)17/h6-13H,4-5,14H2,1-3H3,(H,27,28)/b12-11+. The Bertz CT molecular complexity index is 1290. The maximum absolute atomic E-state index is 12.4. The van der Waals surface area contributed by atoms with Crippen LogP contribution in [-0.4, -0.2) is 48.6 Å². The van der Waals surface area contributed by atoms with Gasteiger partial charge in [-0.05, 0) is 38.5 Å². The Labute approximate surface area is 205 Å². The normalized spacial score (nSPS) is 10.8. The molecule has 182 valence electrons. The highest BCUT2D eigenvalue weighted by molar-refractivity contribution is 7.18. The second-order valence-electron chi connectivity index (χ2n) is 7.11. The average Bonchev–Trinajstić information content (AvgIpc) is 3.17. The third-order valence-corrected chi connectivity index (χ3v) is 5.94. The van der Waals surface area contributed by atoms with Gasteiger partial charge in [-0.25, -0.2) is 14.4 Å². The van der Waals surface area contributed by atoms with Crippen molar-refractivity contribution >= 4 is 57.1 Å². The average molecular weight is 497 g/mol. The van der Waals surface area contributed by atoms with Crippen molar-refractivity contribution in [3.05, 3.63) is 64.2 Å². The molecule has 10 heteroatoms. The maximum atomic E-state index is 12.4. The van der Waals surface area contributed by atoms with Gasteiger partial charge < -0.3 is 19.5 Å². The fraction of sp³-hybridized carbons (Fsp3) is 0.240. The van der Waals surface area contributed by atoms with E-state index in [1.54, 1.807) is 33.0 Å². The molecule has 0 aliphatic heterocycles. The number of nitrogens with one attached hydrogen (secondary N) is 1. The van der Waals surface area contributed by atoms with Gasteiger partial charge in [0.1, 0.15) is 9.88 Å².